The molecule has 1 heterocycles. The van der Waals surface area contributed by atoms with Gasteiger partial charge in [-0.15, -0.1) is 0 Å². The Morgan fingerprint density at radius 1 is 0.917 bits per heavy atom. The quantitative estimate of drug-likeness (QED) is 0.393. The fourth-order valence-corrected chi connectivity index (χ4v) is 4.75. The first kappa shape index (κ1) is 26.1. The van der Waals surface area contributed by atoms with E-state index in [0.29, 0.717) is 63.9 Å². The van der Waals surface area contributed by atoms with Gasteiger partial charge in [0.25, 0.3) is 11.8 Å². The second-order valence-corrected chi connectivity index (χ2v) is 9.86. The first-order chi connectivity index (χ1) is 17.2. The Kier molecular flexibility index (Phi) is 8.29. The maximum absolute atomic E-state index is 12.9. The molecule has 0 bridgehead atoms. The summed E-state index contributed by atoms with van der Waals surface area (Å²) in [6.45, 7) is 5.87. The van der Waals surface area contributed by atoms with E-state index in [1.807, 2.05) is 36.1 Å². The Labute approximate surface area is 225 Å². The number of aryl methyl sites for hydroxylation is 1. The lowest BCUT2D eigenvalue weighted by Crippen LogP contribution is -2.49. The summed E-state index contributed by atoms with van der Waals surface area (Å²) in [5, 5.41) is 4.24. The Bertz CT molecular complexity index is 1260. The van der Waals surface area contributed by atoms with Crippen LogP contribution in [-0.2, 0) is 4.79 Å². The number of para-hydroxylation sites is 1. The highest BCUT2D eigenvalue weighted by Gasteiger charge is 2.26. The van der Waals surface area contributed by atoms with Crippen molar-refractivity contribution in [1.29, 1.82) is 0 Å². The van der Waals surface area contributed by atoms with Gasteiger partial charge in [-0.25, -0.2) is 0 Å². The number of hydrogen-bond acceptors (Lipinski definition) is 4. The van der Waals surface area contributed by atoms with Crippen LogP contribution in [0, 0.1) is 6.92 Å². The molecule has 6 nitrogen and oxygen atoms in total. The summed E-state index contributed by atoms with van der Waals surface area (Å²) in [5.74, 6) is 0.0243. The normalized spacial score (nSPS) is 14.4. The molecule has 1 N–H and O–H groups in total. The molecule has 0 saturated carbocycles. The van der Waals surface area contributed by atoms with Crippen molar-refractivity contribution in [2.75, 3.05) is 36.4 Å². The number of carbonyl (C=O) groups excluding carboxylic acids is 2. The van der Waals surface area contributed by atoms with Crippen LogP contribution in [0.3, 0.4) is 0 Å². The molecule has 1 unspecified atom stereocenters. The molecule has 3 aromatic carbocycles. The molecule has 2 amide bonds. The maximum atomic E-state index is 12.9. The van der Waals surface area contributed by atoms with Gasteiger partial charge in [-0.1, -0.05) is 58.6 Å². The molecule has 36 heavy (non-hydrogen) atoms. The second-order valence-electron chi connectivity index (χ2n) is 8.61. The summed E-state index contributed by atoms with van der Waals surface area (Å²) >= 11 is 18.7. The highest BCUT2D eigenvalue weighted by Crippen LogP contribution is 2.35. The summed E-state index contributed by atoms with van der Waals surface area (Å²) < 4.78 is 5.75. The first-order valence-corrected chi connectivity index (χ1v) is 12.7. The number of halogens is 3. The van der Waals surface area contributed by atoms with Gasteiger partial charge in [0.15, 0.2) is 6.10 Å². The van der Waals surface area contributed by atoms with E-state index in [-0.39, 0.29) is 11.8 Å². The van der Waals surface area contributed by atoms with Gasteiger partial charge in [-0.05, 0) is 56.3 Å². The minimum Gasteiger partial charge on any atom is -0.479 e. The summed E-state index contributed by atoms with van der Waals surface area (Å²) in [4.78, 5) is 29.8. The number of nitrogens with zero attached hydrogens (tertiary/aromatic N) is 2. The summed E-state index contributed by atoms with van der Waals surface area (Å²) in [6.07, 6.45) is -0.820. The molecule has 1 aliphatic rings. The van der Waals surface area contributed by atoms with Gasteiger partial charge in [0.2, 0.25) is 0 Å². The highest BCUT2D eigenvalue weighted by molar-refractivity contribution is 6.35. The fourth-order valence-electron chi connectivity index (χ4n) is 4.00. The van der Waals surface area contributed by atoms with Crippen molar-refractivity contribution in [3.8, 4) is 5.75 Å². The van der Waals surface area contributed by atoms with E-state index in [9.17, 15) is 9.59 Å². The van der Waals surface area contributed by atoms with E-state index in [1.54, 1.807) is 43.3 Å². The summed E-state index contributed by atoms with van der Waals surface area (Å²) in [6, 6.07) is 17.8. The van der Waals surface area contributed by atoms with Gasteiger partial charge in [-0.2, -0.15) is 0 Å². The van der Waals surface area contributed by atoms with E-state index < -0.39 is 6.10 Å². The van der Waals surface area contributed by atoms with Crippen LogP contribution in [-0.4, -0.2) is 49.0 Å². The Hall–Kier alpha value is -2.93. The Balaban J connectivity index is 1.43. The summed E-state index contributed by atoms with van der Waals surface area (Å²) in [5.41, 5.74) is 3.07. The first-order valence-electron chi connectivity index (χ1n) is 11.5. The number of hydrogen-bond donors (Lipinski definition) is 1. The number of piperazine rings is 1. The zero-order valence-corrected chi connectivity index (χ0v) is 22.2. The molecule has 1 atom stereocenters. The molecule has 188 valence electrons. The number of rotatable bonds is 6. The lowest BCUT2D eigenvalue weighted by molar-refractivity contribution is -0.122. The lowest BCUT2D eigenvalue weighted by Gasteiger charge is -2.37. The number of ether oxygens (including phenoxy) is 1. The summed E-state index contributed by atoms with van der Waals surface area (Å²) in [7, 11) is 0. The van der Waals surface area contributed by atoms with E-state index in [4.69, 9.17) is 39.5 Å². The van der Waals surface area contributed by atoms with Crippen molar-refractivity contribution in [3.63, 3.8) is 0 Å². The minimum absolute atomic E-state index is 0.00849. The molecule has 1 aliphatic heterocycles. The van der Waals surface area contributed by atoms with Crippen LogP contribution in [0.2, 0.25) is 15.1 Å². The molecule has 0 radical (unpaired) electrons. The van der Waals surface area contributed by atoms with Crippen LogP contribution in [0.5, 0.6) is 5.75 Å². The van der Waals surface area contributed by atoms with Gasteiger partial charge >= 0.3 is 0 Å². The molecule has 1 fully saturated rings. The van der Waals surface area contributed by atoms with E-state index in [2.05, 4.69) is 10.2 Å². The predicted molar refractivity (Wildman–Crippen MR) is 146 cm³/mol. The topological polar surface area (TPSA) is 61.9 Å². The number of amides is 2. The van der Waals surface area contributed by atoms with Crippen molar-refractivity contribution in [2.45, 2.75) is 20.0 Å². The standard InChI is InChI=1S/C27H26Cl3N3O3/c1-17-6-8-19(9-7-17)27(35)33-14-12-32(13-15-33)25-21(29)4-3-5-23(25)31-26(34)18(2)36-24-11-10-20(28)16-22(24)30/h3-11,16,18H,12-15H2,1-2H3,(H,31,34). The average molecular weight is 547 g/mol. The van der Waals surface area contributed by atoms with Crippen LogP contribution in [0.15, 0.2) is 60.7 Å². The van der Waals surface area contributed by atoms with Gasteiger partial charge in [0.1, 0.15) is 5.75 Å². The number of benzene rings is 3. The zero-order valence-electron chi connectivity index (χ0n) is 19.9. The third-order valence-corrected chi connectivity index (χ3v) is 6.83. The molecular weight excluding hydrogens is 521 g/mol. The van der Waals surface area contributed by atoms with Gasteiger partial charge in [0.05, 0.1) is 21.4 Å². The Morgan fingerprint density at radius 3 is 2.28 bits per heavy atom. The molecule has 0 aliphatic carbocycles. The average Bonchev–Trinajstić information content (AvgIpc) is 2.86. The molecule has 9 heteroatoms. The van der Waals surface area contributed by atoms with Crippen molar-refractivity contribution in [3.05, 3.63) is 86.9 Å². The monoisotopic (exact) mass is 545 g/mol. The number of nitrogens with one attached hydrogen (secondary N) is 1. The van der Waals surface area contributed by atoms with Crippen LogP contribution in [0.4, 0.5) is 11.4 Å². The molecule has 0 aromatic heterocycles. The van der Waals surface area contributed by atoms with Crippen LogP contribution >= 0.6 is 34.8 Å². The van der Waals surface area contributed by atoms with Crippen LogP contribution in [0.25, 0.3) is 0 Å². The minimum atomic E-state index is -0.820. The largest absolute Gasteiger partial charge is 0.479 e. The van der Waals surface area contributed by atoms with Gasteiger partial charge in [-0.3, -0.25) is 9.59 Å². The van der Waals surface area contributed by atoms with Gasteiger partial charge in [0, 0.05) is 36.8 Å². The van der Waals surface area contributed by atoms with Crippen molar-refractivity contribution in [2.24, 2.45) is 0 Å². The molecule has 1 saturated heterocycles. The Morgan fingerprint density at radius 2 is 1.61 bits per heavy atom. The molecule has 3 aromatic rings. The van der Waals surface area contributed by atoms with E-state index in [0.717, 1.165) is 5.56 Å². The molecular formula is C27H26Cl3N3O3. The second kappa shape index (κ2) is 11.4. The number of anilines is 2. The van der Waals surface area contributed by atoms with Crippen molar-refractivity contribution in [1.82, 2.24) is 4.90 Å². The predicted octanol–water partition coefficient (Wildman–Crippen LogP) is 6.32. The van der Waals surface area contributed by atoms with E-state index >= 15 is 0 Å². The SMILES string of the molecule is Cc1ccc(C(=O)N2CCN(c3c(Cl)cccc3NC(=O)C(C)Oc3ccc(Cl)cc3Cl)CC2)cc1. The fraction of sp³-hybridized carbons (Fsp3) is 0.259. The van der Waals surface area contributed by atoms with E-state index in [1.165, 1.54) is 0 Å². The zero-order chi connectivity index (χ0) is 25.8. The maximum Gasteiger partial charge on any atom is 0.265 e. The number of carbonyl (C=O) groups is 2. The molecule has 4 rings (SSSR count). The van der Waals surface area contributed by atoms with Crippen LogP contribution < -0.4 is 15.0 Å². The molecule has 0 spiro atoms. The highest BCUT2D eigenvalue weighted by atomic mass is 35.5. The van der Waals surface area contributed by atoms with Crippen molar-refractivity contribution < 1.29 is 14.3 Å². The smallest absolute Gasteiger partial charge is 0.265 e. The third kappa shape index (κ3) is 6.06. The van der Waals surface area contributed by atoms with Crippen LogP contribution in [0.1, 0.15) is 22.8 Å². The lowest BCUT2D eigenvalue weighted by atomic mass is 10.1. The van der Waals surface area contributed by atoms with Crippen molar-refractivity contribution >= 4 is 58.0 Å². The third-order valence-electron chi connectivity index (χ3n) is 5.99. The van der Waals surface area contributed by atoms with Gasteiger partial charge < -0.3 is 19.9 Å².